The molecule has 0 spiro atoms. The Kier molecular flexibility index (Phi) is 3.41. The van der Waals surface area contributed by atoms with Gasteiger partial charge in [-0.3, -0.25) is 9.59 Å². The van der Waals surface area contributed by atoms with Crippen molar-refractivity contribution in [3.8, 4) is 0 Å². The molecule has 1 aliphatic carbocycles. The molecule has 0 saturated heterocycles. The highest BCUT2D eigenvalue weighted by atomic mass is 16.4. The zero-order chi connectivity index (χ0) is 15.0. The molecule has 0 unspecified atom stereocenters. The number of amides is 1. The first-order chi connectivity index (χ1) is 10.1. The molecule has 5 nitrogen and oxygen atoms in total. The number of aliphatic carboxylic acids is 1. The molecule has 3 N–H and O–H groups in total. The maximum atomic E-state index is 11.8. The Hall–Kier alpha value is -2.30. The summed E-state index contributed by atoms with van der Waals surface area (Å²) in [6.07, 6.45) is 3.17. The van der Waals surface area contributed by atoms with E-state index in [1.54, 1.807) is 0 Å². The summed E-state index contributed by atoms with van der Waals surface area (Å²) in [4.78, 5) is 25.7. The van der Waals surface area contributed by atoms with Gasteiger partial charge in [-0.2, -0.15) is 0 Å². The van der Waals surface area contributed by atoms with Gasteiger partial charge >= 0.3 is 5.97 Å². The Morgan fingerprint density at radius 3 is 2.90 bits per heavy atom. The van der Waals surface area contributed by atoms with E-state index in [1.165, 1.54) is 10.9 Å². The van der Waals surface area contributed by atoms with E-state index in [-0.39, 0.29) is 11.8 Å². The van der Waals surface area contributed by atoms with E-state index in [0.717, 1.165) is 17.5 Å². The number of aryl methyl sites for hydroxylation is 1. The maximum Gasteiger partial charge on any atom is 0.307 e. The fraction of sp³-hybridized carbons (Fsp3) is 0.375. The second-order valence-corrected chi connectivity index (χ2v) is 5.69. The minimum absolute atomic E-state index is 0.141. The number of H-pyrrole nitrogens is 1. The van der Waals surface area contributed by atoms with Crippen LogP contribution in [0.1, 0.15) is 17.5 Å². The van der Waals surface area contributed by atoms with Crippen LogP contribution in [0.15, 0.2) is 24.4 Å². The van der Waals surface area contributed by atoms with Crippen molar-refractivity contribution in [2.24, 2.45) is 11.8 Å². The summed E-state index contributed by atoms with van der Waals surface area (Å²) in [5, 5.41) is 12.8. The van der Waals surface area contributed by atoms with Gasteiger partial charge in [-0.15, -0.1) is 0 Å². The molecule has 2 atom stereocenters. The number of aromatic nitrogens is 1. The van der Waals surface area contributed by atoms with E-state index in [2.05, 4.69) is 35.4 Å². The number of nitrogens with one attached hydrogen (secondary N) is 2. The lowest BCUT2D eigenvalue weighted by atomic mass is 10.1. The van der Waals surface area contributed by atoms with E-state index in [4.69, 9.17) is 5.11 Å². The van der Waals surface area contributed by atoms with Crippen molar-refractivity contribution in [1.29, 1.82) is 0 Å². The third-order valence-electron chi connectivity index (χ3n) is 4.06. The van der Waals surface area contributed by atoms with Crippen molar-refractivity contribution in [3.63, 3.8) is 0 Å². The standard InChI is InChI=1S/C16H18N2O3/c1-9-2-3-11-10(8-18-14(11)6-9)4-5-17-15(19)12-7-13(12)16(20)21/h2-3,6,8,12-13,18H,4-5,7H2,1H3,(H,17,19)(H,20,21)/t12-,13-/m0/s1. The van der Waals surface area contributed by atoms with Crippen LogP contribution in [0.4, 0.5) is 0 Å². The summed E-state index contributed by atoms with van der Waals surface area (Å²) in [5.41, 5.74) is 3.47. The molecule has 0 bridgehead atoms. The van der Waals surface area contributed by atoms with E-state index < -0.39 is 11.9 Å². The molecule has 110 valence electrons. The quantitative estimate of drug-likeness (QED) is 0.784. The zero-order valence-electron chi connectivity index (χ0n) is 11.8. The summed E-state index contributed by atoms with van der Waals surface area (Å²) in [7, 11) is 0. The molecule has 0 radical (unpaired) electrons. The number of aromatic amines is 1. The third kappa shape index (κ3) is 2.77. The highest BCUT2D eigenvalue weighted by Gasteiger charge is 2.48. The first-order valence-corrected chi connectivity index (χ1v) is 7.13. The van der Waals surface area contributed by atoms with Crippen molar-refractivity contribution >= 4 is 22.8 Å². The van der Waals surface area contributed by atoms with Gasteiger partial charge in [0.1, 0.15) is 0 Å². The number of fused-ring (bicyclic) bond motifs is 1. The van der Waals surface area contributed by atoms with Crippen molar-refractivity contribution in [2.75, 3.05) is 6.54 Å². The fourth-order valence-corrected chi connectivity index (χ4v) is 2.72. The van der Waals surface area contributed by atoms with Crippen LogP contribution in [0.5, 0.6) is 0 Å². The number of rotatable bonds is 5. The molecule has 1 aromatic heterocycles. The number of carbonyl (C=O) groups is 2. The maximum absolute atomic E-state index is 11.8. The lowest BCUT2D eigenvalue weighted by Gasteiger charge is -2.04. The van der Waals surface area contributed by atoms with Gasteiger partial charge in [-0.25, -0.2) is 0 Å². The van der Waals surface area contributed by atoms with Crippen LogP contribution in [0.3, 0.4) is 0 Å². The smallest absolute Gasteiger partial charge is 0.307 e. The molecule has 0 aliphatic heterocycles. The Labute approximate surface area is 122 Å². The molecule has 1 fully saturated rings. The first-order valence-electron chi connectivity index (χ1n) is 7.13. The number of carboxylic acid groups (broad SMARTS) is 1. The molecule has 1 aromatic carbocycles. The monoisotopic (exact) mass is 286 g/mol. The summed E-state index contributed by atoms with van der Waals surface area (Å²) >= 11 is 0. The van der Waals surface area contributed by atoms with E-state index >= 15 is 0 Å². The number of hydrogen-bond acceptors (Lipinski definition) is 2. The lowest BCUT2D eigenvalue weighted by molar-refractivity contribution is -0.140. The minimum atomic E-state index is -0.873. The van der Waals surface area contributed by atoms with Crippen LogP contribution in [0.25, 0.3) is 10.9 Å². The number of carboxylic acids is 1. The van der Waals surface area contributed by atoms with Crippen molar-refractivity contribution in [3.05, 3.63) is 35.5 Å². The molecule has 1 aliphatic rings. The van der Waals surface area contributed by atoms with Gasteiger partial charge in [0, 0.05) is 23.6 Å². The fourth-order valence-electron chi connectivity index (χ4n) is 2.72. The van der Waals surface area contributed by atoms with Crippen LogP contribution in [-0.4, -0.2) is 28.5 Å². The summed E-state index contributed by atoms with van der Waals surface area (Å²) < 4.78 is 0. The van der Waals surface area contributed by atoms with Crippen LogP contribution in [0.2, 0.25) is 0 Å². The Morgan fingerprint density at radius 1 is 1.38 bits per heavy atom. The highest BCUT2D eigenvalue weighted by molar-refractivity contribution is 5.89. The van der Waals surface area contributed by atoms with Gasteiger partial charge in [0.2, 0.25) is 5.91 Å². The predicted octanol–water partition coefficient (Wildman–Crippen LogP) is 1.86. The van der Waals surface area contributed by atoms with Crippen molar-refractivity contribution in [2.45, 2.75) is 19.8 Å². The van der Waals surface area contributed by atoms with E-state index in [0.29, 0.717) is 13.0 Å². The topological polar surface area (TPSA) is 82.2 Å². The van der Waals surface area contributed by atoms with Gasteiger partial charge < -0.3 is 15.4 Å². The van der Waals surface area contributed by atoms with Gasteiger partial charge in [-0.1, -0.05) is 12.1 Å². The predicted molar refractivity (Wildman–Crippen MR) is 79.0 cm³/mol. The summed E-state index contributed by atoms with van der Waals surface area (Å²) in [6, 6.07) is 6.25. The number of carbonyl (C=O) groups excluding carboxylic acids is 1. The molecule has 1 amide bonds. The summed E-state index contributed by atoms with van der Waals surface area (Å²) in [6.45, 7) is 2.58. The molecule has 1 heterocycles. The van der Waals surface area contributed by atoms with Gasteiger partial charge in [0.25, 0.3) is 0 Å². The molecule has 3 rings (SSSR count). The number of hydrogen-bond donors (Lipinski definition) is 3. The second kappa shape index (κ2) is 5.24. The third-order valence-corrected chi connectivity index (χ3v) is 4.06. The molecule has 5 heteroatoms. The van der Waals surface area contributed by atoms with E-state index in [1.807, 2.05) is 6.20 Å². The zero-order valence-corrected chi connectivity index (χ0v) is 11.8. The summed E-state index contributed by atoms with van der Waals surface area (Å²) in [5.74, 6) is -1.84. The van der Waals surface area contributed by atoms with Crippen LogP contribution >= 0.6 is 0 Å². The van der Waals surface area contributed by atoms with Gasteiger partial charge in [0.15, 0.2) is 0 Å². The molecule has 1 saturated carbocycles. The first kappa shape index (κ1) is 13.7. The second-order valence-electron chi connectivity index (χ2n) is 5.69. The van der Waals surface area contributed by atoms with Crippen molar-refractivity contribution < 1.29 is 14.7 Å². The average Bonchev–Trinajstić information content (AvgIpc) is 3.16. The van der Waals surface area contributed by atoms with Crippen LogP contribution < -0.4 is 5.32 Å². The van der Waals surface area contributed by atoms with Crippen LogP contribution in [-0.2, 0) is 16.0 Å². The largest absolute Gasteiger partial charge is 0.481 e. The minimum Gasteiger partial charge on any atom is -0.481 e. The highest BCUT2D eigenvalue weighted by Crippen LogP contribution is 2.38. The molecule has 2 aromatic rings. The number of benzene rings is 1. The van der Waals surface area contributed by atoms with Crippen molar-refractivity contribution in [1.82, 2.24) is 10.3 Å². The Morgan fingerprint density at radius 2 is 2.19 bits per heavy atom. The molecular formula is C16H18N2O3. The Balaban J connectivity index is 1.55. The SMILES string of the molecule is Cc1ccc2c(CCNC(=O)[C@H]3C[C@@H]3C(=O)O)c[nH]c2c1. The lowest BCUT2D eigenvalue weighted by Crippen LogP contribution is -2.28. The molecular weight excluding hydrogens is 268 g/mol. The van der Waals surface area contributed by atoms with Gasteiger partial charge in [0.05, 0.1) is 11.8 Å². The van der Waals surface area contributed by atoms with E-state index in [9.17, 15) is 9.59 Å². The average molecular weight is 286 g/mol. The molecule has 21 heavy (non-hydrogen) atoms. The van der Waals surface area contributed by atoms with Gasteiger partial charge in [-0.05, 0) is 37.0 Å². The van der Waals surface area contributed by atoms with Crippen LogP contribution in [0, 0.1) is 18.8 Å². The Bertz CT molecular complexity index is 705. The normalized spacial score (nSPS) is 20.4.